The molecule has 1 heterocycles. The van der Waals surface area contributed by atoms with Gasteiger partial charge in [0.15, 0.2) is 0 Å². The average molecular weight is 450 g/mol. The lowest BCUT2D eigenvalue weighted by molar-refractivity contribution is 0.112. The van der Waals surface area contributed by atoms with Gasteiger partial charge in [-0.15, -0.1) is 0 Å². The van der Waals surface area contributed by atoms with Crippen LogP contribution in [0.5, 0.6) is 0 Å². The van der Waals surface area contributed by atoms with Crippen LogP contribution in [0.15, 0.2) is 83.3 Å². The Labute approximate surface area is 190 Å². The summed E-state index contributed by atoms with van der Waals surface area (Å²) in [6.07, 6.45) is 7.54. The molecule has 2 aromatic rings. The molecule has 31 heavy (non-hydrogen) atoms. The summed E-state index contributed by atoms with van der Waals surface area (Å²) in [6.45, 7) is 10.7. The zero-order valence-electron chi connectivity index (χ0n) is 19.4. The molecule has 0 amide bonds. The van der Waals surface area contributed by atoms with Crippen LogP contribution >= 0.6 is 7.92 Å². The van der Waals surface area contributed by atoms with Gasteiger partial charge < -0.3 is 4.74 Å². The van der Waals surface area contributed by atoms with E-state index < -0.39 is 16.0 Å². The Balaban J connectivity index is 1.71. The lowest BCUT2D eigenvalue weighted by Gasteiger charge is -2.36. The minimum absolute atomic E-state index is 0.524. The summed E-state index contributed by atoms with van der Waals surface area (Å²) in [4.78, 5) is 2.71. The van der Waals surface area contributed by atoms with E-state index in [-0.39, 0.29) is 0 Å². The van der Waals surface area contributed by atoms with Gasteiger partial charge in [0, 0.05) is 25.6 Å². The quantitative estimate of drug-likeness (QED) is 0.387. The van der Waals surface area contributed by atoms with Crippen molar-refractivity contribution in [1.82, 2.24) is 4.90 Å². The minimum atomic E-state index is -1.43. The molecule has 0 saturated carbocycles. The highest BCUT2D eigenvalue weighted by Crippen LogP contribution is 2.52. The fraction of sp³-hybridized carbons (Fsp3) is 0.407. The Morgan fingerprint density at radius 2 is 1.55 bits per heavy atom. The van der Waals surface area contributed by atoms with E-state index in [1.54, 1.807) is 10.5 Å². The molecule has 2 aromatic carbocycles. The highest BCUT2D eigenvalue weighted by Gasteiger charge is 2.38. The van der Waals surface area contributed by atoms with Gasteiger partial charge in [0.1, 0.15) is 0 Å². The first-order chi connectivity index (χ1) is 15.0. The summed E-state index contributed by atoms with van der Waals surface area (Å²) in [7, 11) is -0.120. The number of hydrogen-bond acceptors (Lipinski definition) is 2. The number of benzene rings is 2. The number of ether oxygens (including phenoxy) is 1. The maximum atomic E-state index is 5.57. The second-order valence-electron chi connectivity index (χ2n) is 9.77. The molecule has 4 heteroatoms. The third-order valence-electron chi connectivity index (χ3n) is 6.59. The molecule has 1 saturated heterocycles. The zero-order valence-corrected chi connectivity index (χ0v) is 21.3. The molecule has 2 aliphatic rings. The summed E-state index contributed by atoms with van der Waals surface area (Å²) in [5.41, 5.74) is 0. The number of likely N-dealkylation sites (tertiary alicyclic amines) is 1. The molecule has 0 N–H and O–H groups in total. The SMILES string of the molecule is COC[C@@H]1CCCN1CC1C(P(c2ccccc2)c2ccccc2)=CC=C1[Si](C)(C)C. The van der Waals surface area contributed by atoms with Crippen LogP contribution in [0.4, 0.5) is 0 Å². The van der Waals surface area contributed by atoms with E-state index in [0.717, 1.165) is 13.2 Å². The topological polar surface area (TPSA) is 12.5 Å². The predicted molar refractivity (Wildman–Crippen MR) is 139 cm³/mol. The molecular formula is C27H36NOPSi. The molecule has 0 spiro atoms. The molecule has 4 rings (SSSR count). The van der Waals surface area contributed by atoms with Crippen LogP contribution in [-0.4, -0.2) is 45.8 Å². The highest BCUT2D eigenvalue weighted by atomic mass is 31.1. The molecule has 2 nitrogen and oxygen atoms in total. The number of hydrogen-bond donors (Lipinski definition) is 0. The molecule has 2 atom stereocenters. The van der Waals surface area contributed by atoms with Gasteiger partial charge in [0.05, 0.1) is 14.7 Å². The Bertz CT molecular complexity index is 880. The fourth-order valence-corrected chi connectivity index (χ4v) is 9.70. The van der Waals surface area contributed by atoms with E-state index in [1.807, 2.05) is 7.11 Å². The fourth-order valence-electron chi connectivity index (χ4n) is 5.11. The lowest BCUT2D eigenvalue weighted by atomic mass is 10.1. The van der Waals surface area contributed by atoms with E-state index in [9.17, 15) is 0 Å². The summed E-state index contributed by atoms with van der Waals surface area (Å²) >= 11 is 0. The number of allylic oxidation sites excluding steroid dienone is 2. The Kier molecular flexibility index (Phi) is 7.28. The first-order valence-corrected chi connectivity index (χ1v) is 16.4. The van der Waals surface area contributed by atoms with Crippen molar-refractivity contribution in [3.05, 3.63) is 83.3 Å². The third kappa shape index (κ3) is 5.12. The molecule has 0 radical (unpaired) electrons. The first kappa shape index (κ1) is 22.7. The highest BCUT2D eigenvalue weighted by molar-refractivity contribution is 7.76. The van der Waals surface area contributed by atoms with Gasteiger partial charge in [-0.3, -0.25) is 4.90 Å². The summed E-state index contributed by atoms with van der Waals surface area (Å²) in [5.74, 6) is 0.524. The normalized spacial score (nSPS) is 22.1. The number of rotatable bonds is 8. The molecule has 1 fully saturated rings. The minimum Gasteiger partial charge on any atom is -0.383 e. The van der Waals surface area contributed by atoms with Crippen molar-refractivity contribution in [2.24, 2.45) is 5.92 Å². The first-order valence-electron chi connectivity index (χ1n) is 11.5. The zero-order chi connectivity index (χ0) is 21.8. The van der Waals surface area contributed by atoms with Crippen molar-refractivity contribution in [2.45, 2.75) is 38.5 Å². The monoisotopic (exact) mass is 449 g/mol. The largest absolute Gasteiger partial charge is 0.383 e. The molecule has 0 aromatic heterocycles. The lowest BCUT2D eigenvalue weighted by Crippen LogP contribution is -2.40. The van der Waals surface area contributed by atoms with Crippen LogP contribution in [0.25, 0.3) is 0 Å². The predicted octanol–water partition coefficient (Wildman–Crippen LogP) is 5.55. The second-order valence-corrected chi connectivity index (χ2v) is 17.1. The molecule has 1 unspecified atom stereocenters. The van der Waals surface area contributed by atoms with Crippen molar-refractivity contribution in [1.29, 1.82) is 0 Å². The van der Waals surface area contributed by atoms with Crippen LogP contribution < -0.4 is 10.6 Å². The van der Waals surface area contributed by atoms with Crippen LogP contribution in [0.2, 0.25) is 19.6 Å². The van der Waals surface area contributed by atoms with Gasteiger partial charge in [-0.2, -0.15) is 0 Å². The number of nitrogens with zero attached hydrogens (tertiary/aromatic N) is 1. The van der Waals surface area contributed by atoms with Gasteiger partial charge in [0.25, 0.3) is 0 Å². The van der Waals surface area contributed by atoms with Gasteiger partial charge >= 0.3 is 0 Å². The van der Waals surface area contributed by atoms with Crippen LogP contribution in [0.3, 0.4) is 0 Å². The third-order valence-corrected chi connectivity index (χ3v) is 11.4. The van der Waals surface area contributed by atoms with E-state index in [0.29, 0.717) is 12.0 Å². The van der Waals surface area contributed by atoms with E-state index in [4.69, 9.17) is 4.74 Å². The standard InChI is InChI=1S/C27H36NOPSi/c1-29-21-22-12-11-19-28(22)20-25-26(17-18-27(25)31(2,3)4)30(23-13-7-5-8-14-23)24-15-9-6-10-16-24/h5-10,13-18,22,25H,11-12,19-21H2,1-4H3/t22-,25?/m0/s1. The smallest absolute Gasteiger partial charge is 0.0733 e. The second kappa shape index (κ2) is 9.96. The summed E-state index contributed by atoms with van der Waals surface area (Å²) < 4.78 is 5.57. The Morgan fingerprint density at radius 1 is 0.935 bits per heavy atom. The summed E-state index contributed by atoms with van der Waals surface area (Å²) in [6, 6.07) is 22.9. The molecule has 0 bridgehead atoms. The summed E-state index contributed by atoms with van der Waals surface area (Å²) in [5, 5.41) is 6.26. The molecular weight excluding hydrogens is 413 g/mol. The maximum Gasteiger partial charge on any atom is 0.0733 e. The van der Waals surface area contributed by atoms with Crippen LogP contribution in [-0.2, 0) is 4.74 Å². The molecule has 1 aliphatic heterocycles. The van der Waals surface area contributed by atoms with Crippen molar-refractivity contribution in [3.63, 3.8) is 0 Å². The van der Waals surface area contributed by atoms with E-state index in [1.165, 1.54) is 30.0 Å². The van der Waals surface area contributed by atoms with Crippen molar-refractivity contribution < 1.29 is 4.74 Å². The van der Waals surface area contributed by atoms with E-state index in [2.05, 4.69) is 97.4 Å². The molecule has 164 valence electrons. The number of methoxy groups -OCH3 is 1. The van der Waals surface area contributed by atoms with Gasteiger partial charge in [-0.05, 0) is 43.2 Å². The van der Waals surface area contributed by atoms with Crippen molar-refractivity contribution >= 4 is 26.6 Å². The Morgan fingerprint density at radius 3 is 2.10 bits per heavy atom. The molecule has 1 aliphatic carbocycles. The van der Waals surface area contributed by atoms with Crippen molar-refractivity contribution in [3.8, 4) is 0 Å². The van der Waals surface area contributed by atoms with Crippen LogP contribution in [0, 0.1) is 5.92 Å². The van der Waals surface area contributed by atoms with Gasteiger partial charge in [-0.25, -0.2) is 0 Å². The van der Waals surface area contributed by atoms with Gasteiger partial charge in [-0.1, -0.05) is 97.7 Å². The van der Waals surface area contributed by atoms with Crippen LogP contribution in [0.1, 0.15) is 12.8 Å². The average Bonchev–Trinajstić information content (AvgIpc) is 3.38. The Hall–Kier alpha value is -1.51. The maximum absolute atomic E-state index is 5.57. The van der Waals surface area contributed by atoms with Gasteiger partial charge in [0.2, 0.25) is 0 Å². The van der Waals surface area contributed by atoms with E-state index >= 15 is 0 Å². The van der Waals surface area contributed by atoms with Crippen molar-refractivity contribution in [2.75, 3.05) is 26.8 Å².